The number of ether oxygens (including phenoxy) is 10. The summed E-state index contributed by atoms with van der Waals surface area (Å²) in [6, 6.07) is 0. The van der Waals surface area contributed by atoms with E-state index >= 15 is 0 Å². The van der Waals surface area contributed by atoms with Crippen molar-refractivity contribution in [3.63, 3.8) is 0 Å². The Hall–Kier alpha value is 0.340. The van der Waals surface area contributed by atoms with Gasteiger partial charge >= 0.3 is 22.4 Å². The van der Waals surface area contributed by atoms with Crippen LogP contribution in [-0.2, 0) is 69.7 Å². The van der Waals surface area contributed by atoms with Crippen LogP contribution in [0.15, 0.2) is 0 Å². The van der Waals surface area contributed by atoms with Gasteiger partial charge in [-0.3, -0.25) is 0 Å². The molecule has 0 N–H and O–H groups in total. The van der Waals surface area contributed by atoms with Gasteiger partial charge in [0.2, 0.25) is 0 Å². The van der Waals surface area contributed by atoms with E-state index in [2.05, 4.69) is 0 Å². The van der Waals surface area contributed by atoms with Gasteiger partial charge in [0.15, 0.2) is 0 Å². The first kappa shape index (κ1) is 31.3. The van der Waals surface area contributed by atoms with Crippen molar-refractivity contribution in [3.05, 3.63) is 0 Å². The molecule has 2 aliphatic rings. The summed E-state index contributed by atoms with van der Waals surface area (Å²) in [7, 11) is 0. The third-order valence-corrected chi connectivity index (χ3v) is 3.72. The van der Waals surface area contributed by atoms with Gasteiger partial charge in [-0.1, -0.05) is 0 Å². The fourth-order valence-corrected chi connectivity index (χ4v) is 2.20. The van der Waals surface area contributed by atoms with Crippen molar-refractivity contribution in [2.24, 2.45) is 0 Å². The molecule has 0 aliphatic carbocycles. The van der Waals surface area contributed by atoms with Crippen molar-refractivity contribution < 1.29 is 69.7 Å². The molecular formula is C20H40AgO10+. The van der Waals surface area contributed by atoms with Gasteiger partial charge in [-0.2, -0.15) is 0 Å². The van der Waals surface area contributed by atoms with Crippen LogP contribution in [0.25, 0.3) is 0 Å². The molecule has 31 heavy (non-hydrogen) atoms. The molecule has 0 saturated carbocycles. The Balaban J connectivity index is 0.000000562. The van der Waals surface area contributed by atoms with Crippen LogP contribution >= 0.6 is 0 Å². The molecule has 10 nitrogen and oxygen atoms in total. The summed E-state index contributed by atoms with van der Waals surface area (Å²) in [4.78, 5) is 0. The predicted molar refractivity (Wildman–Crippen MR) is 108 cm³/mol. The average molecular weight is 548 g/mol. The minimum atomic E-state index is 0. The minimum Gasteiger partial charge on any atom is -0.377 e. The minimum absolute atomic E-state index is 0. The van der Waals surface area contributed by atoms with E-state index in [1.54, 1.807) is 0 Å². The van der Waals surface area contributed by atoms with E-state index in [0.717, 1.165) is 0 Å². The number of hydrogen-bond donors (Lipinski definition) is 0. The van der Waals surface area contributed by atoms with Gasteiger partial charge in [0.25, 0.3) is 0 Å². The molecule has 2 fully saturated rings. The molecule has 190 valence electrons. The van der Waals surface area contributed by atoms with E-state index in [1.807, 2.05) is 0 Å². The van der Waals surface area contributed by atoms with Crippen molar-refractivity contribution in [1.82, 2.24) is 0 Å². The van der Waals surface area contributed by atoms with Gasteiger partial charge < -0.3 is 47.4 Å². The topological polar surface area (TPSA) is 92.3 Å². The maximum Gasteiger partial charge on any atom is 1.00 e. The van der Waals surface area contributed by atoms with Crippen LogP contribution in [0.5, 0.6) is 0 Å². The summed E-state index contributed by atoms with van der Waals surface area (Å²) in [5, 5.41) is 0. The zero-order chi connectivity index (χ0) is 21.2. The summed E-state index contributed by atoms with van der Waals surface area (Å²) in [5.41, 5.74) is 0. The van der Waals surface area contributed by atoms with E-state index in [1.165, 1.54) is 0 Å². The van der Waals surface area contributed by atoms with Crippen LogP contribution < -0.4 is 0 Å². The Labute approximate surface area is 201 Å². The molecule has 0 bridgehead atoms. The Morgan fingerprint density at radius 2 is 0.226 bits per heavy atom. The fourth-order valence-electron chi connectivity index (χ4n) is 2.20. The van der Waals surface area contributed by atoms with Gasteiger partial charge in [0, 0.05) is 0 Å². The second-order valence-electron chi connectivity index (χ2n) is 6.12. The van der Waals surface area contributed by atoms with Crippen LogP contribution in [-0.4, -0.2) is 132 Å². The summed E-state index contributed by atoms with van der Waals surface area (Å²) in [6.07, 6.45) is 0. The first-order valence-electron chi connectivity index (χ1n) is 10.8. The molecule has 0 amide bonds. The monoisotopic (exact) mass is 547 g/mol. The first-order chi connectivity index (χ1) is 15.0. The van der Waals surface area contributed by atoms with E-state index in [4.69, 9.17) is 47.4 Å². The van der Waals surface area contributed by atoms with Crippen molar-refractivity contribution in [2.75, 3.05) is 132 Å². The number of rotatable bonds is 0. The van der Waals surface area contributed by atoms with Crippen LogP contribution in [0.2, 0.25) is 0 Å². The van der Waals surface area contributed by atoms with Crippen molar-refractivity contribution >= 4 is 0 Å². The van der Waals surface area contributed by atoms with Gasteiger partial charge in [-0.15, -0.1) is 0 Å². The molecule has 2 saturated heterocycles. The molecular weight excluding hydrogens is 508 g/mol. The summed E-state index contributed by atoms with van der Waals surface area (Å²) >= 11 is 0. The molecule has 2 aliphatic heterocycles. The smallest absolute Gasteiger partial charge is 0.377 e. The summed E-state index contributed by atoms with van der Waals surface area (Å²) < 4.78 is 52.8. The summed E-state index contributed by atoms with van der Waals surface area (Å²) in [5.74, 6) is 0. The fraction of sp³-hybridized carbons (Fsp3) is 1.00. The Kier molecular flexibility index (Phi) is 28.7. The Morgan fingerprint density at radius 3 is 0.290 bits per heavy atom. The van der Waals surface area contributed by atoms with Gasteiger partial charge in [0.1, 0.15) is 0 Å². The molecule has 0 aromatic heterocycles. The van der Waals surface area contributed by atoms with Gasteiger partial charge in [-0.25, -0.2) is 0 Å². The summed E-state index contributed by atoms with van der Waals surface area (Å²) in [6.45, 7) is 12.2. The first-order valence-corrected chi connectivity index (χ1v) is 10.8. The molecule has 0 unspecified atom stereocenters. The molecule has 2 rings (SSSR count). The van der Waals surface area contributed by atoms with Gasteiger partial charge in [-0.05, 0) is 0 Å². The van der Waals surface area contributed by atoms with Crippen LogP contribution in [0.3, 0.4) is 0 Å². The number of hydrogen-bond acceptors (Lipinski definition) is 10. The van der Waals surface area contributed by atoms with E-state index in [-0.39, 0.29) is 22.4 Å². The van der Waals surface area contributed by atoms with Crippen LogP contribution in [0.4, 0.5) is 0 Å². The second kappa shape index (κ2) is 28.4. The van der Waals surface area contributed by atoms with Crippen molar-refractivity contribution in [1.29, 1.82) is 0 Å². The maximum atomic E-state index is 5.28. The van der Waals surface area contributed by atoms with Crippen LogP contribution in [0.1, 0.15) is 0 Å². The quantitative estimate of drug-likeness (QED) is 0.390. The maximum absolute atomic E-state index is 5.28. The van der Waals surface area contributed by atoms with E-state index in [9.17, 15) is 0 Å². The molecule has 0 spiro atoms. The standard InChI is InChI=1S/2C10H20O5.Ag/c2*1-2-12-5-6-14-9-10-15-8-7-13-4-3-11-1;/h2*1-10H2;/q;;+1. The van der Waals surface area contributed by atoms with Gasteiger partial charge in [0.05, 0.1) is 132 Å². The van der Waals surface area contributed by atoms with Crippen molar-refractivity contribution in [3.8, 4) is 0 Å². The average Bonchev–Trinajstić information content (AvgIpc) is 2.78. The largest absolute Gasteiger partial charge is 1.00 e. The molecule has 0 aromatic rings. The normalized spacial score (nSPS) is 23.2. The third kappa shape index (κ3) is 26.5. The predicted octanol–water partition coefficient (Wildman–Crippen LogP) is 0.164. The Morgan fingerprint density at radius 1 is 0.161 bits per heavy atom. The Bertz CT molecular complexity index is 181. The second-order valence-corrected chi connectivity index (χ2v) is 6.12. The van der Waals surface area contributed by atoms with E-state index in [0.29, 0.717) is 132 Å². The van der Waals surface area contributed by atoms with Crippen molar-refractivity contribution in [2.45, 2.75) is 0 Å². The SMILES string of the molecule is C1COCCOCCOCCOCCO1.C1COCCOCCOCCOCCO1.[Ag+]. The molecule has 0 aromatic carbocycles. The molecule has 0 radical (unpaired) electrons. The third-order valence-electron chi connectivity index (χ3n) is 3.72. The molecule has 0 atom stereocenters. The molecule has 2 heterocycles. The zero-order valence-corrected chi connectivity index (χ0v) is 20.0. The molecule has 11 heteroatoms. The van der Waals surface area contributed by atoms with Crippen LogP contribution in [0, 0.1) is 0 Å². The zero-order valence-electron chi connectivity index (χ0n) is 18.5. The van der Waals surface area contributed by atoms with E-state index < -0.39 is 0 Å².